The number of hydrogen-bond acceptors (Lipinski definition) is 5. The third-order valence-corrected chi connectivity index (χ3v) is 2.09. The minimum Gasteiger partial charge on any atom is -0.389 e. The molecule has 0 radical (unpaired) electrons. The molecule has 0 aromatic carbocycles. The quantitative estimate of drug-likeness (QED) is 0.469. The van der Waals surface area contributed by atoms with Gasteiger partial charge in [0, 0.05) is 7.11 Å². The molecule has 12 heavy (non-hydrogen) atoms. The summed E-state index contributed by atoms with van der Waals surface area (Å²) in [4.78, 5) is 0. The molecular weight excluding hydrogens is 162 g/mol. The zero-order chi connectivity index (χ0) is 9.14. The van der Waals surface area contributed by atoms with Crippen molar-refractivity contribution in [3.8, 4) is 0 Å². The van der Waals surface area contributed by atoms with Gasteiger partial charge in [-0.05, 0) is 7.05 Å². The summed E-state index contributed by atoms with van der Waals surface area (Å²) in [5.74, 6) is 0. The molecule has 0 saturated carbocycles. The molecule has 0 spiro atoms. The highest BCUT2D eigenvalue weighted by atomic mass is 16.6. The average Bonchev–Trinajstić information content (AvgIpc) is 2.08. The Hall–Kier alpha value is -0.200. The molecule has 0 unspecified atom stereocenters. The van der Waals surface area contributed by atoms with Gasteiger partial charge in [0.15, 0.2) is 6.29 Å². The third-order valence-electron chi connectivity index (χ3n) is 2.09. The van der Waals surface area contributed by atoms with Crippen LogP contribution in [0.25, 0.3) is 0 Å². The Kier molecular flexibility index (Phi) is 3.42. The molecule has 0 aliphatic carbocycles. The second-order valence-corrected chi connectivity index (χ2v) is 2.81. The van der Waals surface area contributed by atoms with Gasteiger partial charge >= 0.3 is 0 Å². The summed E-state index contributed by atoms with van der Waals surface area (Å²) in [6, 6.07) is -0.279. The predicted molar refractivity (Wildman–Crippen MR) is 41.6 cm³/mol. The molecule has 1 heterocycles. The Morgan fingerprint density at radius 2 is 2.17 bits per heavy atom. The minimum atomic E-state index is -0.962. The normalized spacial score (nSPS) is 43.0. The monoisotopic (exact) mass is 177 g/mol. The van der Waals surface area contributed by atoms with Gasteiger partial charge in [0.05, 0.1) is 18.8 Å². The van der Waals surface area contributed by atoms with Crippen LogP contribution >= 0.6 is 0 Å². The highest BCUT2D eigenvalue weighted by Crippen LogP contribution is 2.15. The largest absolute Gasteiger partial charge is 0.389 e. The molecule has 0 amide bonds. The first-order valence-corrected chi connectivity index (χ1v) is 3.88. The minimum absolute atomic E-state index is 0.131. The molecule has 0 bridgehead atoms. The summed E-state index contributed by atoms with van der Waals surface area (Å²) >= 11 is 0. The van der Waals surface area contributed by atoms with E-state index in [0.717, 1.165) is 0 Å². The van der Waals surface area contributed by atoms with Crippen LogP contribution in [0.1, 0.15) is 0 Å². The van der Waals surface area contributed by atoms with E-state index < -0.39 is 18.5 Å². The lowest BCUT2D eigenvalue weighted by molar-refractivity contribution is -0.230. The summed E-state index contributed by atoms with van der Waals surface area (Å²) in [6.07, 6.45) is -2.11. The summed E-state index contributed by atoms with van der Waals surface area (Å²) in [5, 5.41) is 21.6. The fourth-order valence-electron chi connectivity index (χ4n) is 1.41. The van der Waals surface area contributed by atoms with Gasteiger partial charge in [-0.1, -0.05) is 0 Å². The maximum atomic E-state index is 9.41. The van der Waals surface area contributed by atoms with Crippen LogP contribution in [0.4, 0.5) is 0 Å². The van der Waals surface area contributed by atoms with Crippen LogP contribution in [-0.4, -0.2) is 55.5 Å². The summed E-state index contributed by atoms with van der Waals surface area (Å²) in [5.41, 5.74) is 0. The second kappa shape index (κ2) is 4.15. The van der Waals surface area contributed by atoms with E-state index in [1.165, 1.54) is 7.11 Å². The van der Waals surface area contributed by atoms with E-state index in [1.54, 1.807) is 7.05 Å². The van der Waals surface area contributed by atoms with E-state index in [4.69, 9.17) is 9.47 Å². The zero-order valence-electron chi connectivity index (χ0n) is 7.23. The fraction of sp³-hybridized carbons (Fsp3) is 1.00. The lowest BCUT2D eigenvalue weighted by Gasteiger charge is -2.37. The fourth-order valence-corrected chi connectivity index (χ4v) is 1.41. The summed E-state index contributed by atoms with van der Waals surface area (Å²) < 4.78 is 9.85. The summed E-state index contributed by atoms with van der Waals surface area (Å²) in [7, 11) is 3.18. The molecular formula is C7H15NO4. The van der Waals surface area contributed by atoms with Gasteiger partial charge in [0.2, 0.25) is 0 Å². The van der Waals surface area contributed by atoms with Crippen molar-refractivity contribution in [3.05, 3.63) is 0 Å². The van der Waals surface area contributed by atoms with Crippen molar-refractivity contribution in [1.82, 2.24) is 5.32 Å². The molecule has 1 saturated heterocycles. The number of aliphatic hydroxyl groups excluding tert-OH is 2. The van der Waals surface area contributed by atoms with Gasteiger partial charge in [-0.25, -0.2) is 0 Å². The smallest absolute Gasteiger partial charge is 0.182 e. The van der Waals surface area contributed by atoms with Gasteiger partial charge in [-0.15, -0.1) is 0 Å². The van der Waals surface area contributed by atoms with Crippen molar-refractivity contribution in [2.24, 2.45) is 0 Å². The molecule has 3 N–H and O–H groups in total. The molecule has 1 rings (SSSR count). The molecule has 4 atom stereocenters. The van der Waals surface area contributed by atoms with Crippen LogP contribution < -0.4 is 5.32 Å². The van der Waals surface area contributed by atoms with Crippen LogP contribution in [0.15, 0.2) is 0 Å². The first kappa shape index (κ1) is 9.88. The highest BCUT2D eigenvalue weighted by molar-refractivity contribution is 4.88. The number of likely N-dealkylation sites (N-methyl/N-ethyl adjacent to an activating group) is 1. The van der Waals surface area contributed by atoms with Gasteiger partial charge in [0.25, 0.3) is 0 Å². The SMILES string of the molecule is CN[C@H]1[C@H](OC)[C@@H](O)OC[C@H]1O. The van der Waals surface area contributed by atoms with E-state index in [-0.39, 0.29) is 12.6 Å². The molecule has 5 nitrogen and oxygen atoms in total. The lowest BCUT2D eigenvalue weighted by Crippen LogP contribution is -2.59. The number of hydrogen-bond donors (Lipinski definition) is 3. The standard InChI is InChI=1S/C7H15NO4/c1-8-5-4(9)3-12-7(10)6(5)11-2/h4-10H,3H2,1-2H3/t4-,5-,6+,7+/m1/s1. The average molecular weight is 177 g/mol. The first-order chi connectivity index (χ1) is 5.70. The first-order valence-electron chi connectivity index (χ1n) is 3.88. The number of methoxy groups -OCH3 is 1. The third kappa shape index (κ3) is 1.75. The van der Waals surface area contributed by atoms with Crippen LogP contribution in [0.5, 0.6) is 0 Å². The van der Waals surface area contributed by atoms with Gasteiger partial charge < -0.3 is 25.0 Å². The molecule has 72 valence electrons. The molecule has 1 aliphatic heterocycles. The Morgan fingerprint density at radius 1 is 1.50 bits per heavy atom. The van der Waals surface area contributed by atoms with Crippen LogP contribution in [0, 0.1) is 0 Å². The van der Waals surface area contributed by atoms with E-state index >= 15 is 0 Å². The molecule has 5 heteroatoms. The second-order valence-electron chi connectivity index (χ2n) is 2.81. The van der Waals surface area contributed by atoms with E-state index in [2.05, 4.69) is 5.32 Å². The van der Waals surface area contributed by atoms with Crippen molar-refractivity contribution in [1.29, 1.82) is 0 Å². The van der Waals surface area contributed by atoms with Crippen LogP contribution in [0.2, 0.25) is 0 Å². The number of ether oxygens (including phenoxy) is 2. The van der Waals surface area contributed by atoms with Crippen molar-refractivity contribution in [3.63, 3.8) is 0 Å². The number of rotatable bonds is 2. The van der Waals surface area contributed by atoms with Crippen LogP contribution in [-0.2, 0) is 9.47 Å². The highest BCUT2D eigenvalue weighted by Gasteiger charge is 2.38. The Bertz CT molecular complexity index is 127. The van der Waals surface area contributed by atoms with Gasteiger partial charge in [-0.2, -0.15) is 0 Å². The predicted octanol–water partition coefficient (Wildman–Crippen LogP) is -1.70. The Morgan fingerprint density at radius 3 is 2.58 bits per heavy atom. The maximum absolute atomic E-state index is 9.41. The molecule has 1 aliphatic rings. The van der Waals surface area contributed by atoms with Crippen molar-refractivity contribution >= 4 is 0 Å². The van der Waals surface area contributed by atoms with Gasteiger partial charge in [0.1, 0.15) is 6.10 Å². The number of aliphatic hydroxyl groups is 2. The number of nitrogens with one attached hydrogen (secondary N) is 1. The Labute approximate surface area is 71.3 Å². The van der Waals surface area contributed by atoms with Crippen LogP contribution in [0.3, 0.4) is 0 Å². The maximum Gasteiger partial charge on any atom is 0.182 e. The topological polar surface area (TPSA) is 71.0 Å². The lowest BCUT2D eigenvalue weighted by atomic mass is 10.0. The molecule has 0 aromatic rings. The van der Waals surface area contributed by atoms with E-state index in [9.17, 15) is 10.2 Å². The van der Waals surface area contributed by atoms with Crippen molar-refractivity contribution in [2.45, 2.75) is 24.5 Å². The molecule has 1 fully saturated rings. The van der Waals surface area contributed by atoms with E-state index in [1.807, 2.05) is 0 Å². The van der Waals surface area contributed by atoms with Crippen molar-refractivity contribution < 1.29 is 19.7 Å². The zero-order valence-corrected chi connectivity index (χ0v) is 7.23. The van der Waals surface area contributed by atoms with Gasteiger partial charge in [-0.3, -0.25) is 0 Å². The summed E-state index contributed by atoms with van der Waals surface area (Å²) in [6.45, 7) is 0.131. The molecule has 0 aromatic heterocycles. The van der Waals surface area contributed by atoms with Crippen molar-refractivity contribution in [2.75, 3.05) is 20.8 Å². The van der Waals surface area contributed by atoms with E-state index in [0.29, 0.717) is 0 Å². The Balaban J connectivity index is 2.61.